The van der Waals surface area contributed by atoms with Crippen molar-refractivity contribution in [2.45, 2.75) is 30.8 Å². The van der Waals surface area contributed by atoms with E-state index in [4.69, 9.17) is 5.84 Å². The molecule has 1 aliphatic carbocycles. The Hall–Kier alpha value is -2.62. The number of nitrogens with one attached hydrogen (secondary N) is 1. The first kappa shape index (κ1) is 16.2. The van der Waals surface area contributed by atoms with E-state index in [1.165, 1.54) is 16.8 Å². The lowest BCUT2D eigenvalue weighted by molar-refractivity contribution is -0.384. The molecule has 0 bridgehead atoms. The van der Waals surface area contributed by atoms with E-state index >= 15 is 0 Å². The maximum absolute atomic E-state index is 12.1. The zero-order chi connectivity index (χ0) is 17.3. The molecule has 0 spiro atoms. The van der Waals surface area contributed by atoms with E-state index in [0.717, 1.165) is 36.0 Å². The van der Waals surface area contributed by atoms with Crippen LogP contribution >= 0.6 is 11.8 Å². The number of hydrogen-bond acceptors (Lipinski definition) is 7. The Morgan fingerprint density at radius 2 is 2.25 bits per heavy atom. The molecule has 3 N–H and O–H groups in total. The quantitative estimate of drug-likeness (QED) is 0.352. The number of hydrogen-bond donors (Lipinski definition) is 2. The van der Waals surface area contributed by atoms with Crippen LogP contribution in [0.15, 0.2) is 23.4 Å². The number of nitrogens with two attached hydrogens (primary N) is 1. The number of nitrogen functional groups attached to an aromatic ring is 1. The van der Waals surface area contributed by atoms with E-state index in [0.29, 0.717) is 11.1 Å². The first-order chi connectivity index (χ1) is 11.5. The Bertz CT molecular complexity index is 802. The van der Waals surface area contributed by atoms with Crippen LogP contribution in [-0.4, -0.2) is 31.5 Å². The Morgan fingerprint density at radius 1 is 1.50 bits per heavy atom. The van der Waals surface area contributed by atoms with Crippen molar-refractivity contribution < 1.29 is 9.72 Å². The standard InChI is InChI=1S/C14H16N6O3S/c1-8-2-5-10(11(6-8)20(22)23)16-12(21)7-24-14-18-17-13(19(14)15)9-3-4-9/h2,5-6,9H,3-4,7,15H2,1H3,(H,16,21). The molecule has 1 aromatic heterocycles. The average Bonchev–Trinajstić information content (AvgIpc) is 3.31. The summed E-state index contributed by atoms with van der Waals surface area (Å²) >= 11 is 1.14. The number of aryl methyl sites for hydroxylation is 1. The van der Waals surface area contributed by atoms with Crippen LogP contribution in [0.1, 0.15) is 30.1 Å². The Kier molecular flexibility index (Phi) is 4.38. The van der Waals surface area contributed by atoms with Crippen LogP contribution in [0.2, 0.25) is 0 Å². The fourth-order valence-electron chi connectivity index (χ4n) is 2.22. The normalized spacial score (nSPS) is 13.7. The number of carbonyl (C=O) groups excluding carboxylic acids is 1. The number of carbonyl (C=O) groups is 1. The minimum absolute atomic E-state index is 0.0328. The first-order valence-corrected chi connectivity index (χ1v) is 8.32. The second kappa shape index (κ2) is 6.48. The number of anilines is 1. The second-order valence-corrected chi connectivity index (χ2v) is 6.54. The molecule has 1 amide bonds. The van der Waals surface area contributed by atoms with Crippen LogP contribution in [0, 0.1) is 17.0 Å². The topological polar surface area (TPSA) is 129 Å². The van der Waals surface area contributed by atoms with E-state index in [9.17, 15) is 14.9 Å². The van der Waals surface area contributed by atoms with Crippen molar-refractivity contribution in [3.05, 3.63) is 39.7 Å². The van der Waals surface area contributed by atoms with E-state index in [2.05, 4.69) is 15.5 Å². The molecule has 10 heteroatoms. The summed E-state index contributed by atoms with van der Waals surface area (Å²) in [5.74, 6) is 6.66. The average molecular weight is 348 g/mol. The highest BCUT2D eigenvalue weighted by Crippen LogP contribution is 2.39. The van der Waals surface area contributed by atoms with Crippen LogP contribution < -0.4 is 11.2 Å². The van der Waals surface area contributed by atoms with E-state index < -0.39 is 4.92 Å². The van der Waals surface area contributed by atoms with Gasteiger partial charge >= 0.3 is 0 Å². The van der Waals surface area contributed by atoms with Gasteiger partial charge in [-0.05, 0) is 31.4 Å². The van der Waals surface area contributed by atoms with Crippen LogP contribution in [0.3, 0.4) is 0 Å². The fraction of sp³-hybridized carbons (Fsp3) is 0.357. The summed E-state index contributed by atoms with van der Waals surface area (Å²) < 4.78 is 1.41. The molecule has 1 saturated carbocycles. The summed E-state index contributed by atoms with van der Waals surface area (Å²) in [5.41, 5.74) is 0.786. The number of nitro groups is 1. The largest absolute Gasteiger partial charge is 0.336 e. The molecule has 2 aromatic rings. The highest BCUT2D eigenvalue weighted by molar-refractivity contribution is 7.99. The molecular formula is C14H16N6O3S. The van der Waals surface area contributed by atoms with Gasteiger partial charge in [0.1, 0.15) is 5.69 Å². The van der Waals surface area contributed by atoms with Crippen LogP contribution in [0.5, 0.6) is 0 Å². The van der Waals surface area contributed by atoms with Gasteiger partial charge in [0.15, 0.2) is 5.82 Å². The lowest BCUT2D eigenvalue weighted by atomic mass is 10.2. The molecule has 1 fully saturated rings. The highest BCUT2D eigenvalue weighted by atomic mass is 32.2. The van der Waals surface area contributed by atoms with Gasteiger partial charge in [-0.1, -0.05) is 17.8 Å². The Labute approximate surface area is 141 Å². The van der Waals surface area contributed by atoms with Gasteiger partial charge in [0, 0.05) is 12.0 Å². The molecule has 0 aliphatic heterocycles. The minimum Gasteiger partial charge on any atom is -0.336 e. The Balaban J connectivity index is 1.63. The minimum atomic E-state index is -0.520. The van der Waals surface area contributed by atoms with Gasteiger partial charge in [0.25, 0.3) is 5.69 Å². The summed E-state index contributed by atoms with van der Waals surface area (Å²) in [5, 5.41) is 22.1. The lowest BCUT2D eigenvalue weighted by Crippen LogP contribution is -2.17. The number of aromatic nitrogens is 3. The van der Waals surface area contributed by atoms with Crippen LogP contribution in [0.25, 0.3) is 0 Å². The second-order valence-electron chi connectivity index (χ2n) is 5.60. The lowest BCUT2D eigenvalue weighted by Gasteiger charge is -2.06. The molecule has 126 valence electrons. The predicted octanol–water partition coefficient (Wildman–Crippen LogP) is 1.82. The molecule has 0 saturated heterocycles. The van der Waals surface area contributed by atoms with Gasteiger partial charge in [-0.2, -0.15) is 0 Å². The van der Waals surface area contributed by atoms with E-state index in [1.807, 2.05) is 0 Å². The predicted molar refractivity (Wildman–Crippen MR) is 89.3 cm³/mol. The van der Waals surface area contributed by atoms with Gasteiger partial charge in [-0.25, -0.2) is 4.68 Å². The highest BCUT2D eigenvalue weighted by Gasteiger charge is 2.30. The Morgan fingerprint density at radius 3 is 2.92 bits per heavy atom. The van der Waals surface area contributed by atoms with Crippen molar-refractivity contribution >= 4 is 29.0 Å². The number of amides is 1. The third kappa shape index (κ3) is 3.48. The van der Waals surface area contributed by atoms with Crippen molar-refractivity contribution in [2.75, 3.05) is 16.9 Å². The number of nitro benzene ring substituents is 1. The van der Waals surface area contributed by atoms with Gasteiger partial charge < -0.3 is 11.2 Å². The summed E-state index contributed by atoms with van der Waals surface area (Å²) in [6.07, 6.45) is 2.11. The van der Waals surface area contributed by atoms with Crippen molar-refractivity contribution in [3.8, 4) is 0 Å². The molecule has 24 heavy (non-hydrogen) atoms. The van der Waals surface area contributed by atoms with Crippen molar-refractivity contribution in [1.82, 2.24) is 14.9 Å². The maximum Gasteiger partial charge on any atom is 0.293 e. The molecule has 1 aliphatic rings. The van der Waals surface area contributed by atoms with E-state index in [1.54, 1.807) is 13.0 Å². The molecule has 1 aromatic carbocycles. The summed E-state index contributed by atoms with van der Waals surface area (Å²) in [7, 11) is 0. The molecule has 3 rings (SSSR count). The van der Waals surface area contributed by atoms with Crippen LogP contribution in [0.4, 0.5) is 11.4 Å². The molecule has 0 unspecified atom stereocenters. The van der Waals surface area contributed by atoms with Gasteiger partial charge in [-0.15, -0.1) is 10.2 Å². The van der Waals surface area contributed by atoms with Gasteiger partial charge in [0.05, 0.1) is 10.7 Å². The third-order valence-electron chi connectivity index (χ3n) is 3.59. The van der Waals surface area contributed by atoms with Crippen molar-refractivity contribution in [2.24, 2.45) is 0 Å². The smallest absolute Gasteiger partial charge is 0.293 e. The molecule has 0 atom stereocenters. The number of benzene rings is 1. The molecule has 9 nitrogen and oxygen atoms in total. The molecule has 0 radical (unpaired) electrons. The summed E-state index contributed by atoms with van der Waals surface area (Å²) in [6, 6.07) is 4.64. The van der Waals surface area contributed by atoms with Crippen molar-refractivity contribution in [3.63, 3.8) is 0 Å². The van der Waals surface area contributed by atoms with Crippen molar-refractivity contribution in [1.29, 1.82) is 0 Å². The van der Waals surface area contributed by atoms with E-state index in [-0.39, 0.29) is 23.0 Å². The van der Waals surface area contributed by atoms with Crippen LogP contribution in [-0.2, 0) is 4.79 Å². The zero-order valence-electron chi connectivity index (χ0n) is 12.9. The summed E-state index contributed by atoms with van der Waals surface area (Å²) in [4.78, 5) is 22.6. The zero-order valence-corrected chi connectivity index (χ0v) is 13.7. The number of thioether (sulfide) groups is 1. The monoisotopic (exact) mass is 348 g/mol. The summed E-state index contributed by atoms with van der Waals surface area (Å²) in [6.45, 7) is 1.75. The molecular weight excluding hydrogens is 332 g/mol. The third-order valence-corrected chi connectivity index (χ3v) is 4.53. The fourth-order valence-corrected chi connectivity index (χ4v) is 2.88. The van der Waals surface area contributed by atoms with Gasteiger partial charge in [-0.3, -0.25) is 14.9 Å². The maximum atomic E-state index is 12.1. The number of rotatable bonds is 6. The first-order valence-electron chi connectivity index (χ1n) is 7.34. The SMILES string of the molecule is Cc1ccc(NC(=O)CSc2nnc(C3CC3)n2N)c([N+](=O)[O-])c1. The number of nitrogens with zero attached hydrogens (tertiary/aromatic N) is 4. The molecule has 1 heterocycles. The van der Waals surface area contributed by atoms with Gasteiger partial charge in [0.2, 0.25) is 11.1 Å².